The van der Waals surface area contributed by atoms with Crippen LogP contribution in [0.15, 0.2) is 24.3 Å². The van der Waals surface area contributed by atoms with Gasteiger partial charge in [-0.1, -0.05) is 50.5 Å². The van der Waals surface area contributed by atoms with E-state index in [1.54, 1.807) is 0 Å². The topological polar surface area (TPSA) is 98.0 Å². The van der Waals surface area contributed by atoms with Crippen LogP contribution >= 0.6 is 0 Å². The molecule has 0 bridgehead atoms. The van der Waals surface area contributed by atoms with Gasteiger partial charge in [-0.05, 0) is 32.1 Å². The molecule has 0 aliphatic heterocycles. The summed E-state index contributed by atoms with van der Waals surface area (Å²) in [7, 11) is 0. The number of rotatable bonds is 14. The molecule has 3 atom stereocenters. The van der Waals surface area contributed by atoms with Crippen molar-refractivity contribution in [2.75, 3.05) is 0 Å². The second kappa shape index (κ2) is 14.4. The lowest BCUT2D eigenvalue weighted by atomic mass is 10.1. The summed E-state index contributed by atoms with van der Waals surface area (Å²) in [6, 6.07) is 0. The van der Waals surface area contributed by atoms with Crippen LogP contribution in [0.3, 0.4) is 0 Å². The fourth-order valence-electron chi connectivity index (χ4n) is 2.07. The smallest absolute Gasteiger partial charge is 0.303 e. The highest BCUT2D eigenvalue weighted by molar-refractivity contribution is 5.66. The third kappa shape index (κ3) is 14.2. The molecule has 0 fully saturated rings. The lowest BCUT2D eigenvalue weighted by Crippen LogP contribution is -2.23. The molecule has 5 nitrogen and oxygen atoms in total. The van der Waals surface area contributed by atoms with Gasteiger partial charge in [0.25, 0.3) is 0 Å². The highest BCUT2D eigenvalue weighted by atomic mass is 16.4. The summed E-state index contributed by atoms with van der Waals surface area (Å²) in [4.78, 5) is 10.3. The van der Waals surface area contributed by atoms with Crippen LogP contribution in [-0.2, 0) is 4.79 Å². The monoisotopic (exact) mass is 328 g/mol. The maximum Gasteiger partial charge on any atom is 0.303 e. The van der Waals surface area contributed by atoms with Crippen molar-refractivity contribution in [3.8, 4) is 0 Å². The quantitative estimate of drug-likeness (QED) is 0.290. The highest BCUT2D eigenvalue weighted by Crippen LogP contribution is 2.09. The third-order valence-electron chi connectivity index (χ3n) is 3.65. The predicted octanol–water partition coefficient (Wildman–Crippen LogP) is 2.80. The summed E-state index contributed by atoms with van der Waals surface area (Å²) in [5.41, 5.74) is 0. The number of aliphatic hydroxyl groups is 3. The standard InChI is InChI=1S/C18H32O5/c1-2-15(19)13-14-17(21)16(20)11-9-7-5-3-4-6-8-10-12-18(22)23/h7,9,13-17,19-21H,2-6,8,10-12H2,1H3,(H,22,23)/b9-7-,14-13+/t15-,16-,17-/m0/s1. The number of carboxylic acids is 1. The molecule has 0 aromatic heterocycles. The zero-order valence-corrected chi connectivity index (χ0v) is 14.1. The zero-order chi connectivity index (χ0) is 17.5. The van der Waals surface area contributed by atoms with E-state index in [1.165, 1.54) is 12.2 Å². The Labute approximate surface area is 139 Å². The van der Waals surface area contributed by atoms with E-state index >= 15 is 0 Å². The molecular formula is C18H32O5. The molecule has 0 saturated heterocycles. The summed E-state index contributed by atoms with van der Waals surface area (Å²) in [6.07, 6.45) is 11.4. The molecule has 0 amide bonds. The minimum absolute atomic E-state index is 0.254. The largest absolute Gasteiger partial charge is 0.481 e. The molecule has 5 heteroatoms. The van der Waals surface area contributed by atoms with E-state index in [9.17, 15) is 20.1 Å². The Morgan fingerprint density at radius 2 is 1.61 bits per heavy atom. The Kier molecular flexibility index (Phi) is 13.7. The van der Waals surface area contributed by atoms with Crippen molar-refractivity contribution in [2.45, 2.75) is 83.0 Å². The Balaban J connectivity index is 3.61. The molecule has 0 aromatic carbocycles. The molecule has 0 radical (unpaired) electrons. The lowest BCUT2D eigenvalue weighted by molar-refractivity contribution is -0.137. The van der Waals surface area contributed by atoms with Gasteiger partial charge in [0.2, 0.25) is 0 Å². The SMILES string of the molecule is CC[C@H](O)/C=C/[C@H](O)[C@@H](O)C/C=C\CCCCCCCC(=O)O. The van der Waals surface area contributed by atoms with Gasteiger partial charge in [-0.2, -0.15) is 0 Å². The summed E-state index contributed by atoms with van der Waals surface area (Å²) in [6.45, 7) is 1.84. The maximum atomic E-state index is 10.3. The Hall–Kier alpha value is -1.17. The molecule has 0 spiro atoms. The van der Waals surface area contributed by atoms with Crippen LogP contribution in [0.2, 0.25) is 0 Å². The number of hydrogen-bond donors (Lipinski definition) is 4. The molecule has 0 unspecified atom stereocenters. The van der Waals surface area contributed by atoms with Crippen LogP contribution < -0.4 is 0 Å². The second-order valence-electron chi connectivity index (χ2n) is 5.83. The minimum atomic E-state index is -0.963. The first-order valence-corrected chi connectivity index (χ1v) is 8.56. The molecule has 0 rings (SSSR count). The van der Waals surface area contributed by atoms with Crippen LogP contribution in [0.1, 0.15) is 64.7 Å². The summed E-state index contributed by atoms with van der Waals surface area (Å²) < 4.78 is 0. The van der Waals surface area contributed by atoms with E-state index in [0.717, 1.165) is 38.5 Å². The molecule has 0 heterocycles. The van der Waals surface area contributed by atoms with Crippen LogP contribution in [0.25, 0.3) is 0 Å². The average molecular weight is 328 g/mol. The van der Waals surface area contributed by atoms with Crippen molar-refractivity contribution in [1.29, 1.82) is 0 Å². The van der Waals surface area contributed by atoms with Gasteiger partial charge in [-0.25, -0.2) is 0 Å². The highest BCUT2D eigenvalue weighted by Gasteiger charge is 2.11. The van der Waals surface area contributed by atoms with Crippen molar-refractivity contribution < 1.29 is 25.2 Å². The Bertz CT molecular complexity index is 351. The van der Waals surface area contributed by atoms with Gasteiger partial charge in [0.05, 0.1) is 18.3 Å². The molecular weight excluding hydrogens is 296 g/mol. The van der Waals surface area contributed by atoms with Crippen molar-refractivity contribution in [1.82, 2.24) is 0 Å². The van der Waals surface area contributed by atoms with Crippen LogP contribution in [0.4, 0.5) is 0 Å². The number of carboxylic acid groups (broad SMARTS) is 1. The molecule has 0 aliphatic carbocycles. The predicted molar refractivity (Wildman–Crippen MR) is 91.2 cm³/mol. The third-order valence-corrected chi connectivity index (χ3v) is 3.65. The number of allylic oxidation sites excluding steroid dienone is 1. The van der Waals surface area contributed by atoms with E-state index < -0.39 is 24.3 Å². The number of hydrogen-bond acceptors (Lipinski definition) is 4. The van der Waals surface area contributed by atoms with Gasteiger partial charge in [0.15, 0.2) is 0 Å². The fraction of sp³-hybridized carbons (Fsp3) is 0.722. The maximum absolute atomic E-state index is 10.3. The van der Waals surface area contributed by atoms with E-state index in [2.05, 4.69) is 0 Å². The first-order chi connectivity index (χ1) is 11.0. The van der Waals surface area contributed by atoms with Gasteiger partial charge >= 0.3 is 5.97 Å². The average Bonchev–Trinajstić information content (AvgIpc) is 2.53. The van der Waals surface area contributed by atoms with Gasteiger partial charge < -0.3 is 20.4 Å². The molecule has 4 N–H and O–H groups in total. The second-order valence-corrected chi connectivity index (χ2v) is 5.83. The summed E-state index contributed by atoms with van der Waals surface area (Å²) in [5, 5.41) is 37.3. The van der Waals surface area contributed by atoms with Crippen LogP contribution in [0, 0.1) is 0 Å². The molecule has 0 aromatic rings. The first kappa shape index (κ1) is 21.8. The number of aliphatic carboxylic acids is 1. The Morgan fingerprint density at radius 3 is 2.26 bits per heavy atom. The van der Waals surface area contributed by atoms with Gasteiger partial charge in [0, 0.05) is 6.42 Å². The van der Waals surface area contributed by atoms with Gasteiger partial charge in [0.1, 0.15) is 0 Å². The fourth-order valence-corrected chi connectivity index (χ4v) is 2.07. The van der Waals surface area contributed by atoms with Crippen molar-refractivity contribution >= 4 is 5.97 Å². The van der Waals surface area contributed by atoms with Crippen LogP contribution in [0.5, 0.6) is 0 Å². The molecule has 0 saturated carbocycles. The van der Waals surface area contributed by atoms with E-state index in [-0.39, 0.29) is 6.42 Å². The zero-order valence-electron chi connectivity index (χ0n) is 14.1. The first-order valence-electron chi connectivity index (χ1n) is 8.56. The van der Waals surface area contributed by atoms with Crippen molar-refractivity contribution in [3.05, 3.63) is 24.3 Å². The lowest BCUT2D eigenvalue weighted by Gasteiger charge is -2.12. The van der Waals surface area contributed by atoms with Crippen LogP contribution in [-0.4, -0.2) is 44.7 Å². The number of carbonyl (C=O) groups is 1. The summed E-state index contributed by atoms with van der Waals surface area (Å²) in [5.74, 6) is -0.729. The molecule has 134 valence electrons. The number of aliphatic hydroxyl groups excluding tert-OH is 3. The number of unbranched alkanes of at least 4 members (excludes halogenated alkanes) is 5. The minimum Gasteiger partial charge on any atom is -0.481 e. The van der Waals surface area contributed by atoms with E-state index in [4.69, 9.17) is 5.11 Å². The van der Waals surface area contributed by atoms with Gasteiger partial charge in [-0.15, -0.1) is 0 Å². The van der Waals surface area contributed by atoms with E-state index in [0.29, 0.717) is 12.8 Å². The van der Waals surface area contributed by atoms with Crippen molar-refractivity contribution in [2.24, 2.45) is 0 Å². The van der Waals surface area contributed by atoms with Gasteiger partial charge in [-0.3, -0.25) is 4.79 Å². The normalized spacial score (nSPS) is 16.0. The summed E-state index contributed by atoms with van der Waals surface area (Å²) >= 11 is 0. The van der Waals surface area contributed by atoms with E-state index in [1.807, 2.05) is 19.1 Å². The molecule has 23 heavy (non-hydrogen) atoms. The molecule has 0 aliphatic rings. The Morgan fingerprint density at radius 1 is 0.957 bits per heavy atom. The van der Waals surface area contributed by atoms with Crippen molar-refractivity contribution in [3.63, 3.8) is 0 Å².